The van der Waals surface area contributed by atoms with E-state index in [2.05, 4.69) is 4.72 Å². The van der Waals surface area contributed by atoms with Crippen LogP contribution in [-0.2, 0) is 10.0 Å². The molecule has 0 unspecified atom stereocenters. The molecule has 1 fully saturated rings. The average molecular weight is 403 g/mol. The summed E-state index contributed by atoms with van der Waals surface area (Å²) in [6, 6.07) is 13.8. The lowest BCUT2D eigenvalue weighted by molar-refractivity contribution is 0.0988. The molecule has 1 aliphatic carbocycles. The van der Waals surface area contributed by atoms with E-state index in [9.17, 15) is 13.2 Å². The quantitative estimate of drug-likeness (QED) is 0.768. The highest BCUT2D eigenvalue weighted by atomic mass is 32.2. The van der Waals surface area contributed by atoms with Crippen LogP contribution in [0, 0.1) is 0 Å². The van der Waals surface area contributed by atoms with Crippen molar-refractivity contribution in [2.24, 2.45) is 0 Å². The zero-order chi connectivity index (χ0) is 20.1. The Morgan fingerprint density at radius 1 is 1.14 bits per heavy atom. The fraction of sp³-hybridized carbons (Fsp3) is 0.381. The number of anilines is 1. The first-order valence-electron chi connectivity index (χ1n) is 9.53. The summed E-state index contributed by atoms with van der Waals surface area (Å²) >= 11 is 0. The maximum atomic E-state index is 13.1. The predicted molar refractivity (Wildman–Crippen MR) is 109 cm³/mol. The van der Waals surface area contributed by atoms with Crippen molar-refractivity contribution in [1.29, 1.82) is 0 Å². The van der Waals surface area contributed by atoms with Gasteiger partial charge in [-0.3, -0.25) is 4.79 Å². The van der Waals surface area contributed by atoms with Gasteiger partial charge in [0.15, 0.2) is 0 Å². The van der Waals surface area contributed by atoms with Gasteiger partial charge in [-0.25, -0.2) is 13.1 Å². The SMILES string of the molecule is CCN(C(=O)c1ccc(OC)c(S(=O)(=O)NC2CCCC2)c1)c1ccccc1. The molecule has 6 nitrogen and oxygen atoms in total. The van der Waals surface area contributed by atoms with Gasteiger partial charge in [0.2, 0.25) is 10.0 Å². The van der Waals surface area contributed by atoms with Gasteiger partial charge in [-0.2, -0.15) is 0 Å². The normalized spacial score (nSPS) is 14.8. The fourth-order valence-electron chi connectivity index (χ4n) is 3.55. The fourth-order valence-corrected chi connectivity index (χ4v) is 5.05. The Bertz CT molecular complexity index is 923. The van der Waals surface area contributed by atoms with E-state index in [1.807, 2.05) is 37.3 Å². The Balaban J connectivity index is 1.94. The lowest BCUT2D eigenvalue weighted by atomic mass is 10.1. The smallest absolute Gasteiger partial charge is 0.258 e. The van der Waals surface area contributed by atoms with E-state index in [-0.39, 0.29) is 22.6 Å². The molecule has 1 N–H and O–H groups in total. The first kappa shape index (κ1) is 20.4. The summed E-state index contributed by atoms with van der Waals surface area (Å²) in [4.78, 5) is 14.7. The van der Waals surface area contributed by atoms with Crippen molar-refractivity contribution in [2.45, 2.75) is 43.5 Å². The second-order valence-electron chi connectivity index (χ2n) is 6.85. The van der Waals surface area contributed by atoms with Crippen molar-refractivity contribution in [2.75, 3.05) is 18.6 Å². The highest BCUT2D eigenvalue weighted by molar-refractivity contribution is 7.89. The molecule has 2 aromatic carbocycles. The number of amides is 1. The number of hydrogen-bond acceptors (Lipinski definition) is 4. The summed E-state index contributed by atoms with van der Waals surface area (Å²) in [5.74, 6) is -0.0292. The first-order valence-corrected chi connectivity index (χ1v) is 11.0. The lowest BCUT2D eigenvalue weighted by Gasteiger charge is -2.22. The number of benzene rings is 2. The second-order valence-corrected chi connectivity index (χ2v) is 8.54. The van der Waals surface area contributed by atoms with E-state index in [4.69, 9.17) is 4.74 Å². The van der Waals surface area contributed by atoms with Crippen molar-refractivity contribution < 1.29 is 17.9 Å². The first-order chi connectivity index (χ1) is 13.5. The molecular formula is C21H26N2O4S. The Morgan fingerprint density at radius 2 is 1.82 bits per heavy atom. The van der Waals surface area contributed by atoms with Crippen LogP contribution in [0.15, 0.2) is 53.4 Å². The molecule has 1 saturated carbocycles. The van der Waals surface area contributed by atoms with Gasteiger partial charge in [0.1, 0.15) is 10.6 Å². The maximum Gasteiger partial charge on any atom is 0.258 e. The number of methoxy groups -OCH3 is 1. The highest BCUT2D eigenvalue weighted by Gasteiger charge is 2.27. The van der Waals surface area contributed by atoms with E-state index in [1.165, 1.54) is 19.2 Å². The van der Waals surface area contributed by atoms with Crippen LogP contribution in [0.25, 0.3) is 0 Å². The van der Waals surface area contributed by atoms with Crippen LogP contribution < -0.4 is 14.4 Å². The number of sulfonamides is 1. The van der Waals surface area contributed by atoms with Crippen molar-refractivity contribution in [3.63, 3.8) is 0 Å². The van der Waals surface area contributed by atoms with Gasteiger partial charge in [-0.05, 0) is 50.1 Å². The van der Waals surface area contributed by atoms with E-state index in [0.717, 1.165) is 31.4 Å². The summed E-state index contributed by atoms with van der Waals surface area (Å²) in [5, 5.41) is 0. The third kappa shape index (κ3) is 4.36. The molecule has 1 amide bonds. The van der Waals surface area contributed by atoms with Gasteiger partial charge in [0.05, 0.1) is 7.11 Å². The van der Waals surface area contributed by atoms with E-state index in [0.29, 0.717) is 12.1 Å². The molecule has 0 heterocycles. The number of carbonyl (C=O) groups excluding carboxylic acids is 1. The van der Waals surface area contributed by atoms with Crippen LogP contribution in [0.1, 0.15) is 43.0 Å². The number of ether oxygens (including phenoxy) is 1. The summed E-state index contributed by atoms with van der Waals surface area (Å²) in [6.45, 7) is 2.35. The Hall–Kier alpha value is -2.38. The summed E-state index contributed by atoms with van der Waals surface area (Å²) < 4.78 is 33.9. The van der Waals surface area contributed by atoms with E-state index < -0.39 is 10.0 Å². The van der Waals surface area contributed by atoms with Crippen molar-refractivity contribution in [3.8, 4) is 5.75 Å². The minimum Gasteiger partial charge on any atom is -0.495 e. The third-order valence-electron chi connectivity index (χ3n) is 5.01. The van der Waals surface area contributed by atoms with Crippen molar-refractivity contribution >= 4 is 21.6 Å². The van der Waals surface area contributed by atoms with Gasteiger partial charge in [0, 0.05) is 23.8 Å². The number of nitrogens with zero attached hydrogens (tertiary/aromatic N) is 1. The molecule has 0 aliphatic heterocycles. The van der Waals surface area contributed by atoms with E-state index >= 15 is 0 Å². The molecule has 0 radical (unpaired) electrons. The molecule has 0 bridgehead atoms. The molecule has 28 heavy (non-hydrogen) atoms. The third-order valence-corrected chi connectivity index (χ3v) is 6.55. The van der Waals surface area contributed by atoms with Crippen LogP contribution in [0.4, 0.5) is 5.69 Å². The number of nitrogens with one attached hydrogen (secondary N) is 1. The Morgan fingerprint density at radius 3 is 2.43 bits per heavy atom. The predicted octanol–water partition coefficient (Wildman–Crippen LogP) is 3.58. The standard InChI is InChI=1S/C21H26N2O4S/c1-3-23(18-11-5-4-6-12-18)21(24)16-13-14-19(27-2)20(15-16)28(25,26)22-17-9-7-8-10-17/h4-6,11-15,17,22H,3,7-10H2,1-2H3. The Labute approximate surface area is 166 Å². The van der Waals surface area contributed by atoms with Crippen LogP contribution >= 0.6 is 0 Å². The molecule has 7 heteroatoms. The van der Waals surface area contributed by atoms with E-state index in [1.54, 1.807) is 11.0 Å². The largest absolute Gasteiger partial charge is 0.495 e. The monoisotopic (exact) mass is 402 g/mol. The molecule has 150 valence electrons. The summed E-state index contributed by atoms with van der Waals surface area (Å²) in [6.07, 6.45) is 3.70. The van der Waals surface area contributed by atoms with Crippen LogP contribution in [0.5, 0.6) is 5.75 Å². The molecule has 0 spiro atoms. The van der Waals surface area contributed by atoms with Crippen LogP contribution in [0.3, 0.4) is 0 Å². The van der Waals surface area contributed by atoms with Crippen molar-refractivity contribution in [1.82, 2.24) is 4.72 Å². The van der Waals surface area contributed by atoms with Crippen molar-refractivity contribution in [3.05, 3.63) is 54.1 Å². The second kappa shape index (κ2) is 8.75. The van der Waals surface area contributed by atoms with Crippen LogP contribution in [-0.4, -0.2) is 34.0 Å². The zero-order valence-electron chi connectivity index (χ0n) is 16.2. The summed E-state index contributed by atoms with van der Waals surface area (Å²) in [7, 11) is -2.36. The van der Waals surface area contributed by atoms with Gasteiger partial charge in [-0.15, -0.1) is 0 Å². The molecule has 0 atom stereocenters. The molecule has 1 aliphatic rings. The molecule has 3 rings (SSSR count). The topological polar surface area (TPSA) is 75.7 Å². The summed E-state index contributed by atoms with van der Waals surface area (Å²) in [5.41, 5.74) is 1.07. The van der Waals surface area contributed by atoms with Crippen LogP contribution in [0.2, 0.25) is 0 Å². The molecular weight excluding hydrogens is 376 g/mol. The lowest BCUT2D eigenvalue weighted by Crippen LogP contribution is -2.33. The maximum absolute atomic E-state index is 13.1. The van der Waals surface area contributed by atoms with Gasteiger partial charge in [-0.1, -0.05) is 31.0 Å². The zero-order valence-corrected chi connectivity index (χ0v) is 17.0. The number of carbonyl (C=O) groups is 1. The number of para-hydroxylation sites is 1. The van der Waals surface area contributed by atoms with Gasteiger partial charge in [0.25, 0.3) is 5.91 Å². The average Bonchev–Trinajstić information content (AvgIpc) is 3.21. The number of hydrogen-bond donors (Lipinski definition) is 1. The highest BCUT2D eigenvalue weighted by Crippen LogP contribution is 2.28. The Kier molecular flexibility index (Phi) is 6.36. The van der Waals surface area contributed by atoms with Gasteiger partial charge < -0.3 is 9.64 Å². The minimum atomic E-state index is -3.79. The van der Waals surface area contributed by atoms with Gasteiger partial charge >= 0.3 is 0 Å². The molecule has 0 saturated heterocycles. The minimum absolute atomic E-state index is 0.00290. The molecule has 2 aromatic rings. The number of rotatable bonds is 7. The molecule has 0 aromatic heterocycles.